The molecule has 0 saturated carbocycles. The lowest BCUT2D eigenvalue weighted by molar-refractivity contribution is -0.146. The minimum absolute atomic E-state index is 0.0205. The molecule has 0 fully saturated rings. The largest absolute Gasteiger partial charge is 0.465 e. The van der Waals surface area contributed by atoms with E-state index in [0.29, 0.717) is 43.9 Å². The van der Waals surface area contributed by atoms with Crippen LogP contribution in [0.15, 0.2) is 18.7 Å². The second kappa shape index (κ2) is 48.1. The van der Waals surface area contributed by atoms with Crippen LogP contribution in [0.3, 0.4) is 0 Å². The Morgan fingerprint density at radius 1 is 0.439 bits per heavy atom. The van der Waals surface area contributed by atoms with E-state index in [1.807, 2.05) is 12.5 Å². The van der Waals surface area contributed by atoms with E-state index in [4.69, 9.17) is 9.47 Å². The number of aromatic nitrogens is 2. The number of aryl methyl sites for hydroxylation is 1. The predicted octanol–water partition coefficient (Wildman–Crippen LogP) is 18.0. The fourth-order valence-electron chi connectivity index (χ4n) is 9.92. The van der Waals surface area contributed by atoms with Crippen LogP contribution in [0, 0.1) is 11.8 Å². The zero-order valence-electron chi connectivity index (χ0n) is 45.0. The Hall–Kier alpha value is -1.89. The number of esters is 2. The van der Waals surface area contributed by atoms with Crippen molar-refractivity contribution >= 4 is 11.9 Å². The van der Waals surface area contributed by atoms with Crippen molar-refractivity contribution in [1.29, 1.82) is 0 Å². The molecule has 0 radical (unpaired) electrons. The molecule has 2 atom stereocenters. The molecule has 2 unspecified atom stereocenters. The minimum atomic E-state index is 0.0205. The molecule has 1 aromatic heterocycles. The molecule has 0 bridgehead atoms. The maximum absolute atomic E-state index is 12.6. The van der Waals surface area contributed by atoms with Gasteiger partial charge in [-0.2, -0.15) is 0 Å². The molecule has 7 nitrogen and oxygen atoms in total. The van der Waals surface area contributed by atoms with Crippen LogP contribution < -0.4 is 0 Å². The maximum atomic E-state index is 12.6. The monoisotopic (exact) mass is 928 g/mol. The fourth-order valence-corrected chi connectivity index (χ4v) is 9.92. The van der Waals surface area contributed by atoms with Crippen molar-refractivity contribution in [2.24, 2.45) is 11.8 Å². The molecule has 0 spiro atoms. The van der Waals surface area contributed by atoms with E-state index in [9.17, 15) is 9.59 Å². The number of imidazole rings is 1. The highest BCUT2D eigenvalue weighted by Gasteiger charge is 2.19. The van der Waals surface area contributed by atoms with Crippen molar-refractivity contribution in [3.05, 3.63) is 18.7 Å². The molecule has 7 heteroatoms. The van der Waals surface area contributed by atoms with Crippen molar-refractivity contribution in [3.63, 3.8) is 0 Å². The minimum Gasteiger partial charge on any atom is -0.465 e. The molecule has 66 heavy (non-hydrogen) atoms. The lowest BCUT2D eigenvalue weighted by Crippen LogP contribution is -2.37. The summed E-state index contributed by atoms with van der Waals surface area (Å²) in [7, 11) is 0. The van der Waals surface area contributed by atoms with Crippen molar-refractivity contribution in [3.8, 4) is 0 Å². The van der Waals surface area contributed by atoms with Crippen LogP contribution in [-0.4, -0.2) is 58.7 Å². The van der Waals surface area contributed by atoms with Gasteiger partial charge in [0.1, 0.15) is 0 Å². The first kappa shape index (κ1) is 62.1. The van der Waals surface area contributed by atoms with E-state index >= 15 is 0 Å². The highest BCUT2D eigenvalue weighted by atomic mass is 16.5. The van der Waals surface area contributed by atoms with Crippen LogP contribution in [0.4, 0.5) is 0 Å². The van der Waals surface area contributed by atoms with Crippen molar-refractivity contribution in [2.75, 3.05) is 26.3 Å². The Balaban J connectivity index is 2.59. The van der Waals surface area contributed by atoms with E-state index in [0.717, 1.165) is 32.2 Å². The SMILES string of the molecule is CCCCCCCCCCN(CCCn1ccnc1)C(CCCCCCCCC(=O)OCC(CCCC)CCCCCC)CCCCCCCCC(=O)OCC(CCCC)CCCCCC. The molecule has 388 valence electrons. The van der Waals surface area contributed by atoms with Crippen LogP contribution in [-0.2, 0) is 25.6 Å². The zero-order chi connectivity index (χ0) is 47.8. The highest BCUT2D eigenvalue weighted by molar-refractivity contribution is 5.69. The Labute approximate surface area is 411 Å². The van der Waals surface area contributed by atoms with Gasteiger partial charge in [-0.25, -0.2) is 4.98 Å². The standard InChI is InChI=1S/C59H113N3O4/c1-6-11-16-19-20-25-30-37-49-62(50-38-48-61-51-47-60-54-61)57(43-33-26-21-23-28-35-45-58(63)65-52-55(39-14-9-4)41-31-17-12-7-2)44-34-27-22-24-29-36-46-59(64)66-53-56(40-15-10-5)42-32-18-13-8-3/h47,51,54-57H,6-46,48-50,52-53H2,1-5H3. The molecule has 1 heterocycles. The molecule has 0 amide bonds. The van der Waals surface area contributed by atoms with E-state index in [1.165, 1.54) is 238 Å². The van der Waals surface area contributed by atoms with Gasteiger partial charge in [0.05, 0.1) is 19.5 Å². The summed E-state index contributed by atoms with van der Waals surface area (Å²) in [5, 5.41) is 0. The topological polar surface area (TPSA) is 73.7 Å². The van der Waals surface area contributed by atoms with Crippen molar-refractivity contribution in [2.45, 2.75) is 310 Å². The van der Waals surface area contributed by atoms with Gasteiger partial charge in [-0.15, -0.1) is 0 Å². The molecule has 0 aliphatic heterocycles. The summed E-state index contributed by atoms with van der Waals surface area (Å²) in [5.74, 6) is 1.12. The van der Waals surface area contributed by atoms with Gasteiger partial charge >= 0.3 is 11.9 Å². The summed E-state index contributed by atoms with van der Waals surface area (Å²) >= 11 is 0. The fraction of sp³-hybridized carbons (Fsp3) is 0.915. The first-order valence-electron chi connectivity index (χ1n) is 29.5. The van der Waals surface area contributed by atoms with E-state index in [2.05, 4.69) is 55.3 Å². The van der Waals surface area contributed by atoms with Gasteiger partial charge < -0.3 is 18.9 Å². The third-order valence-electron chi connectivity index (χ3n) is 14.4. The average Bonchev–Trinajstić information content (AvgIpc) is 3.85. The summed E-state index contributed by atoms with van der Waals surface area (Å²) < 4.78 is 13.9. The number of rotatable bonds is 52. The van der Waals surface area contributed by atoms with Crippen LogP contribution in [0.2, 0.25) is 0 Å². The summed E-state index contributed by atoms with van der Waals surface area (Å²) in [4.78, 5) is 32.5. The lowest BCUT2D eigenvalue weighted by atomic mass is 9.96. The number of hydrogen-bond acceptors (Lipinski definition) is 6. The summed E-state index contributed by atoms with van der Waals surface area (Å²) in [6.07, 6.45) is 56.2. The molecule has 0 N–H and O–H groups in total. The molecular weight excluding hydrogens is 815 g/mol. The second-order valence-electron chi connectivity index (χ2n) is 20.7. The number of ether oxygens (including phenoxy) is 2. The van der Waals surface area contributed by atoms with Crippen LogP contribution in [0.25, 0.3) is 0 Å². The summed E-state index contributed by atoms with van der Waals surface area (Å²) in [6.45, 7) is 16.0. The van der Waals surface area contributed by atoms with Gasteiger partial charge in [-0.05, 0) is 82.6 Å². The van der Waals surface area contributed by atoms with Crippen LogP contribution in [0.5, 0.6) is 0 Å². The predicted molar refractivity (Wildman–Crippen MR) is 284 cm³/mol. The first-order chi connectivity index (χ1) is 32.5. The Morgan fingerprint density at radius 3 is 1.24 bits per heavy atom. The molecule has 1 rings (SSSR count). The van der Waals surface area contributed by atoms with Crippen molar-refractivity contribution in [1.82, 2.24) is 14.5 Å². The van der Waals surface area contributed by atoms with Crippen molar-refractivity contribution < 1.29 is 19.1 Å². The normalized spacial score (nSPS) is 13.1. The Morgan fingerprint density at radius 2 is 0.803 bits per heavy atom. The molecule has 0 aromatic carbocycles. The van der Waals surface area contributed by atoms with E-state index in [-0.39, 0.29) is 11.9 Å². The van der Waals surface area contributed by atoms with E-state index < -0.39 is 0 Å². The zero-order valence-corrected chi connectivity index (χ0v) is 45.0. The molecule has 0 aliphatic rings. The third kappa shape index (κ3) is 39.0. The second-order valence-corrected chi connectivity index (χ2v) is 20.7. The Kier molecular flexibility index (Phi) is 45.3. The van der Waals surface area contributed by atoms with Gasteiger partial charge in [0.2, 0.25) is 0 Å². The van der Waals surface area contributed by atoms with Gasteiger partial charge in [-0.3, -0.25) is 9.59 Å². The summed E-state index contributed by atoms with van der Waals surface area (Å²) in [5.41, 5.74) is 0. The van der Waals surface area contributed by atoms with Gasteiger partial charge in [0.25, 0.3) is 0 Å². The van der Waals surface area contributed by atoms with Gasteiger partial charge in [0, 0.05) is 44.4 Å². The number of carbonyl (C=O) groups excluding carboxylic acids is 2. The number of hydrogen-bond donors (Lipinski definition) is 0. The average molecular weight is 929 g/mol. The molecule has 0 aliphatic carbocycles. The number of nitrogens with zero attached hydrogens (tertiary/aromatic N) is 3. The smallest absolute Gasteiger partial charge is 0.305 e. The highest BCUT2D eigenvalue weighted by Crippen LogP contribution is 2.23. The van der Waals surface area contributed by atoms with Gasteiger partial charge in [0.15, 0.2) is 0 Å². The molecular formula is C59H113N3O4. The Bertz CT molecular complexity index is 1090. The third-order valence-corrected chi connectivity index (χ3v) is 14.4. The maximum Gasteiger partial charge on any atom is 0.305 e. The molecule has 1 aromatic rings. The van der Waals surface area contributed by atoms with E-state index in [1.54, 1.807) is 0 Å². The molecule has 0 saturated heterocycles. The first-order valence-corrected chi connectivity index (χ1v) is 29.5. The number of carbonyl (C=O) groups is 2. The van der Waals surface area contributed by atoms with Crippen LogP contribution in [0.1, 0.15) is 298 Å². The quantitative estimate of drug-likeness (QED) is 0.0479. The summed E-state index contributed by atoms with van der Waals surface area (Å²) in [6, 6.07) is 0.655. The number of unbranched alkanes of at least 4 members (excludes halogenated alkanes) is 25. The lowest BCUT2D eigenvalue weighted by Gasteiger charge is -2.32. The van der Waals surface area contributed by atoms with Crippen LogP contribution >= 0.6 is 0 Å². The van der Waals surface area contributed by atoms with Gasteiger partial charge in [-0.1, -0.05) is 221 Å².